The lowest BCUT2D eigenvalue weighted by Crippen LogP contribution is -2.54. The molecule has 2 aliphatic rings. The molecule has 1 aromatic rings. The molecule has 1 saturated carbocycles. The second-order valence-electron chi connectivity index (χ2n) is 5.50. The van der Waals surface area contributed by atoms with E-state index < -0.39 is 6.09 Å². The molecule has 21 heavy (non-hydrogen) atoms. The zero-order valence-electron chi connectivity index (χ0n) is 11.3. The molecule has 1 N–H and O–H groups in total. The number of fused-ring (bicyclic) bond motifs is 2. The number of carboxylic acid groups (broad SMARTS) is 1. The predicted octanol–water partition coefficient (Wildman–Crippen LogP) is 2.73. The molecule has 9 heteroatoms. The molecule has 116 valence electrons. The second kappa shape index (κ2) is 6.26. The summed E-state index contributed by atoms with van der Waals surface area (Å²) >= 11 is 10.6. The fourth-order valence-electron chi connectivity index (χ4n) is 3.65. The summed E-state index contributed by atoms with van der Waals surface area (Å²) in [4.78, 5) is 15.3. The minimum Gasteiger partial charge on any atom is -0.465 e. The van der Waals surface area contributed by atoms with Gasteiger partial charge in [-0.15, -0.1) is 21.8 Å². The van der Waals surface area contributed by atoms with Gasteiger partial charge < -0.3 is 14.9 Å². The van der Waals surface area contributed by atoms with E-state index in [1.165, 1.54) is 11.3 Å². The minimum absolute atomic E-state index is 0.0915. The first-order valence-electron chi connectivity index (χ1n) is 6.89. The Kier molecular flexibility index (Phi) is 4.56. The molecule has 2 fully saturated rings. The molecule has 1 aromatic heterocycles. The Morgan fingerprint density at radius 2 is 2.10 bits per heavy atom. The molecule has 0 radical (unpaired) electrons. The Hall–Kier alpha value is -0.600. The van der Waals surface area contributed by atoms with Gasteiger partial charge in [0.05, 0.1) is 0 Å². The quantitative estimate of drug-likeness (QED) is 0.794. The van der Waals surface area contributed by atoms with Gasteiger partial charge in [0.2, 0.25) is 5.13 Å². The summed E-state index contributed by atoms with van der Waals surface area (Å²) in [7, 11) is 0. The van der Waals surface area contributed by atoms with E-state index in [-0.39, 0.29) is 6.04 Å². The van der Waals surface area contributed by atoms with E-state index in [1.807, 2.05) is 0 Å². The third-order valence-electron chi connectivity index (χ3n) is 4.38. The van der Waals surface area contributed by atoms with Crippen molar-refractivity contribution in [1.82, 2.24) is 15.1 Å². The van der Waals surface area contributed by atoms with Crippen LogP contribution in [-0.4, -0.2) is 57.9 Å². The lowest BCUT2D eigenvalue weighted by molar-refractivity contribution is 0.0942. The number of carbonyl (C=O) groups is 1. The summed E-state index contributed by atoms with van der Waals surface area (Å²) in [5, 5.41) is 18.5. The number of anilines is 1. The molecule has 1 amide bonds. The minimum atomic E-state index is -0.857. The van der Waals surface area contributed by atoms with Crippen molar-refractivity contribution in [3.8, 4) is 0 Å². The molecule has 0 unspecified atom stereocenters. The molecule has 1 saturated heterocycles. The van der Waals surface area contributed by atoms with E-state index in [9.17, 15) is 9.90 Å². The van der Waals surface area contributed by atoms with E-state index >= 15 is 0 Å². The number of alkyl halides is 1. The lowest BCUT2D eigenvalue weighted by Gasteiger charge is -2.42. The Labute approximate surface area is 140 Å². The molecular formula is C12H16BrClN4O2S. The van der Waals surface area contributed by atoms with Crippen molar-refractivity contribution in [3.05, 3.63) is 3.92 Å². The van der Waals surface area contributed by atoms with Crippen LogP contribution in [0.2, 0.25) is 0 Å². The number of hydrogen-bond donors (Lipinski definition) is 1. The highest BCUT2D eigenvalue weighted by atomic mass is 79.9. The van der Waals surface area contributed by atoms with Crippen molar-refractivity contribution < 1.29 is 9.90 Å². The van der Waals surface area contributed by atoms with Crippen LogP contribution in [0.15, 0.2) is 3.92 Å². The van der Waals surface area contributed by atoms with Gasteiger partial charge in [-0.1, -0.05) is 11.3 Å². The van der Waals surface area contributed by atoms with E-state index in [0.717, 1.165) is 35.0 Å². The van der Waals surface area contributed by atoms with Gasteiger partial charge in [0.1, 0.15) is 0 Å². The Bertz CT molecular complexity index is 517. The van der Waals surface area contributed by atoms with E-state index in [2.05, 4.69) is 31.0 Å². The topological polar surface area (TPSA) is 69.6 Å². The van der Waals surface area contributed by atoms with Gasteiger partial charge in [-0.2, -0.15) is 0 Å². The predicted molar refractivity (Wildman–Crippen MR) is 85.3 cm³/mol. The Morgan fingerprint density at radius 3 is 2.57 bits per heavy atom. The summed E-state index contributed by atoms with van der Waals surface area (Å²) in [5.41, 5.74) is 0. The van der Waals surface area contributed by atoms with Crippen LogP contribution in [0.5, 0.6) is 0 Å². The van der Waals surface area contributed by atoms with Gasteiger partial charge >= 0.3 is 6.09 Å². The monoisotopic (exact) mass is 394 g/mol. The first-order valence-corrected chi connectivity index (χ1v) is 9.04. The van der Waals surface area contributed by atoms with Crippen LogP contribution in [0.25, 0.3) is 0 Å². The van der Waals surface area contributed by atoms with Gasteiger partial charge in [0.15, 0.2) is 3.92 Å². The number of halogens is 2. The van der Waals surface area contributed by atoms with Crippen molar-refractivity contribution in [2.24, 2.45) is 11.8 Å². The molecule has 2 bridgehead atoms. The van der Waals surface area contributed by atoms with Gasteiger partial charge in [-0.05, 0) is 40.6 Å². The van der Waals surface area contributed by atoms with Crippen molar-refractivity contribution in [3.63, 3.8) is 0 Å². The zero-order valence-corrected chi connectivity index (χ0v) is 14.4. The number of amides is 1. The average molecular weight is 396 g/mol. The Morgan fingerprint density at radius 1 is 1.43 bits per heavy atom. The second-order valence-corrected chi connectivity index (χ2v) is 8.11. The molecule has 3 rings (SSSR count). The van der Waals surface area contributed by atoms with Crippen LogP contribution < -0.4 is 4.90 Å². The average Bonchev–Trinajstić information content (AvgIpc) is 2.97. The zero-order chi connectivity index (χ0) is 15.0. The first kappa shape index (κ1) is 15.3. The molecular weight excluding hydrogens is 380 g/mol. The Balaban J connectivity index is 1.76. The van der Waals surface area contributed by atoms with E-state index in [1.54, 1.807) is 4.90 Å². The number of piperidine rings is 1. The van der Waals surface area contributed by atoms with Crippen LogP contribution >= 0.6 is 38.9 Å². The van der Waals surface area contributed by atoms with Crippen LogP contribution in [0.1, 0.15) is 12.8 Å². The van der Waals surface area contributed by atoms with Crippen LogP contribution in [-0.2, 0) is 0 Å². The maximum Gasteiger partial charge on any atom is 0.407 e. The van der Waals surface area contributed by atoms with Gasteiger partial charge in [-0.3, -0.25) is 0 Å². The summed E-state index contributed by atoms with van der Waals surface area (Å²) in [5.74, 6) is 1.05. The summed E-state index contributed by atoms with van der Waals surface area (Å²) in [6.45, 7) is 2.09. The first-order chi connectivity index (χ1) is 10.1. The van der Waals surface area contributed by atoms with Crippen LogP contribution in [0, 0.1) is 11.8 Å². The largest absolute Gasteiger partial charge is 0.465 e. The standard InChI is InChI=1S/C12H16BrClN4O2S/c13-10-15-16-11(21-10)17-5-7-1-2-8(6-17)9(7)18(4-3-14)12(19)20/h7-9H,1-6H2,(H,19,20)/t7-,8+,9-. The van der Waals surface area contributed by atoms with Crippen LogP contribution in [0.3, 0.4) is 0 Å². The van der Waals surface area contributed by atoms with Crippen molar-refractivity contribution >= 4 is 50.1 Å². The van der Waals surface area contributed by atoms with E-state index in [0.29, 0.717) is 24.3 Å². The number of hydrogen-bond acceptors (Lipinski definition) is 5. The fourth-order valence-corrected chi connectivity index (χ4v) is 4.94. The van der Waals surface area contributed by atoms with Gasteiger partial charge in [0.25, 0.3) is 0 Å². The molecule has 1 aliphatic heterocycles. The highest BCUT2D eigenvalue weighted by molar-refractivity contribution is 9.11. The number of rotatable bonds is 4. The molecule has 6 nitrogen and oxygen atoms in total. The van der Waals surface area contributed by atoms with Crippen molar-refractivity contribution in [1.29, 1.82) is 0 Å². The maximum absolute atomic E-state index is 11.5. The third-order valence-corrected chi connectivity index (χ3v) is 5.96. The SMILES string of the molecule is O=C(O)N(CCCl)[C@@H]1[C@@H]2CC[C@H]1CN(c1nnc(Br)s1)C2. The number of aromatic nitrogens is 2. The molecule has 3 atom stereocenters. The third kappa shape index (κ3) is 2.98. The van der Waals surface area contributed by atoms with E-state index in [4.69, 9.17) is 11.6 Å². The fraction of sp³-hybridized carbons (Fsp3) is 0.750. The highest BCUT2D eigenvalue weighted by Crippen LogP contribution is 2.42. The lowest BCUT2D eigenvalue weighted by atomic mass is 9.91. The molecule has 2 heterocycles. The maximum atomic E-state index is 11.5. The molecule has 0 aromatic carbocycles. The molecule has 1 aliphatic carbocycles. The normalized spacial score (nSPS) is 27.9. The van der Waals surface area contributed by atoms with Crippen LogP contribution in [0.4, 0.5) is 9.93 Å². The van der Waals surface area contributed by atoms with Gasteiger partial charge in [0, 0.05) is 31.6 Å². The smallest absolute Gasteiger partial charge is 0.407 e. The molecule has 0 spiro atoms. The summed E-state index contributed by atoms with van der Waals surface area (Å²) in [6, 6.07) is 0.0915. The highest BCUT2D eigenvalue weighted by Gasteiger charge is 2.46. The van der Waals surface area contributed by atoms with Crippen molar-refractivity contribution in [2.45, 2.75) is 18.9 Å². The summed E-state index contributed by atoms with van der Waals surface area (Å²) in [6.07, 6.45) is 1.28. The number of nitrogens with zero attached hydrogens (tertiary/aromatic N) is 4. The summed E-state index contributed by atoms with van der Waals surface area (Å²) < 4.78 is 0.779. The van der Waals surface area contributed by atoms with Gasteiger partial charge in [-0.25, -0.2) is 4.79 Å². The van der Waals surface area contributed by atoms with Crippen molar-refractivity contribution in [2.75, 3.05) is 30.4 Å².